The van der Waals surface area contributed by atoms with E-state index in [2.05, 4.69) is 15.6 Å². The van der Waals surface area contributed by atoms with Crippen molar-refractivity contribution in [1.82, 2.24) is 20.5 Å². The molecule has 2 atom stereocenters. The van der Waals surface area contributed by atoms with E-state index in [0.717, 1.165) is 5.69 Å². The summed E-state index contributed by atoms with van der Waals surface area (Å²) in [6.07, 6.45) is 1.70. The molecule has 6 nitrogen and oxygen atoms in total. The lowest BCUT2D eigenvalue weighted by Crippen LogP contribution is -2.31. The molecular weight excluding hydrogens is 232 g/mol. The molecule has 0 bridgehead atoms. The highest BCUT2D eigenvalue weighted by atomic mass is 16.2. The third-order valence-corrected chi connectivity index (χ3v) is 3.02. The van der Waals surface area contributed by atoms with Crippen LogP contribution < -0.4 is 10.6 Å². The fourth-order valence-electron chi connectivity index (χ4n) is 2.04. The van der Waals surface area contributed by atoms with E-state index >= 15 is 0 Å². The molecule has 96 valence electrons. The summed E-state index contributed by atoms with van der Waals surface area (Å²) in [5, 5.41) is 5.14. The molecule has 2 rings (SSSR count). The van der Waals surface area contributed by atoms with Crippen molar-refractivity contribution in [2.75, 3.05) is 14.1 Å². The largest absolute Gasteiger partial charge is 0.358 e. The minimum absolute atomic E-state index is 0.139. The second kappa shape index (κ2) is 5.14. The van der Waals surface area contributed by atoms with E-state index in [1.165, 1.54) is 0 Å². The lowest BCUT2D eigenvalue weighted by molar-refractivity contribution is -0.123. The maximum absolute atomic E-state index is 11.7. The van der Waals surface area contributed by atoms with E-state index in [-0.39, 0.29) is 11.8 Å². The van der Waals surface area contributed by atoms with Crippen LogP contribution in [0.3, 0.4) is 0 Å². The molecule has 2 N–H and O–H groups in total. The fourth-order valence-corrected chi connectivity index (χ4v) is 2.04. The van der Waals surface area contributed by atoms with Crippen molar-refractivity contribution < 1.29 is 9.59 Å². The van der Waals surface area contributed by atoms with Crippen molar-refractivity contribution in [3.63, 3.8) is 0 Å². The molecule has 1 aliphatic rings. The van der Waals surface area contributed by atoms with Gasteiger partial charge < -0.3 is 10.6 Å². The third-order valence-electron chi connectivity index (χ3n) is 3.02. The Morgan fingerprint density at radius 2 is 1.83 bits per heavy atom. The standard InChI is InChI=1S/C12H16N4O2/c1-13-11(17)9-10(12(18)14-2)16(9)7-8-5-3-4-6-15-8/h3-6,9-10H,7H2,1-2H3,(H,13,17)(H,14,18)/t9-,10-/m1/s1. The first-order valence-electron chi connectivity index (χ1n) is 5.78. The minimum atomic E-state index is -0.392. The van der Waals surface area contributed by atoms with Gasteiger partial charge in [0.2, 0.25) is 11.8 Å². The van der Waals surface area contributed by atoms with Gasteiger partial charge in [-0.05, 0) is 12.1 Å². The Labute approximate surface area is 105 Å². The molecule has 0 unspecified atom stereocenters. The van der Waals surface area contributed by atoms with Crippen molar-refractivity contribution in [3.05, 3.63) is 30.1 Å². The van der Waals surface area contributed by atoms with Crippen LogP contribution in [0, 0.1) is 0 Å². The predicted molar refractivity (Wildman–Crippen MR) is 65.5 cm³/mol. The molecule has 0 aliphatic carbocycles. The first kappa shape index (κ1) is 12.5. The number of carbonyl (C=O) groups excluding carboxylic acids is 2. The molecule has 2 heterocycles. The summed E-state index contributed by atoms with van der Waals surface area (Å²) in [5.74, 6) is -0.279. The van der Waals surface area contributed by atoms with Gasteiger partial charge in [-0.2, -0.15) is 0 Å². The Bertz CT molecular complexity index is 427. The highest BCUT2D eigenvalue weighted by Crippen LogP contribution is 2.30. The maximum atomic E-state index is 11.7. The molecule has 1 aliphatic heterocycles. The van der Waals surface area contributed by atoms with Crippen LogP contribution in [0.1, 0.15) is 5.69 Å². The first-order chi connectivity index (χ1) is 8.69. The number of nitrogens with zero attached hydrogens (tertiary/aromatic N) is 2. The van der Waals surface area contributed by atoms with Crippen LogP contribution in [0.15, 0.2) is 24.4 Å². The number of nitrogens with one attached hydrogen (secondary N) is 2. The van der Waals surface area contributed by atoms with E-state index in [0.29, 0.717) is 6.54 Å². The quantitative estimate of drug-likeness (QED) is 0.679. The summed E-state index contributed by atoms with van der Waals surface area (Å²) in [7, 11) is 3.14. The molecule has 1 aromatic rings. The minimum Gasteiger partial charge on any atom is -0.358 e. The predicted octanol–water partition coefficient (Wildman–Crippen LogP) is -0.874. The van der Waals surface area contributed by atoms with Gasteiger partial charge >= 0.3 is 0 Å². The normalized spacial score (nSPS) is 25.3. The number of likely N-dealkylation sites (N-methyl/N-ethyl adjacent to an activating group) is 2. The van der Waals surface area contributed by atoms with E-state index in [9.17, 15) is 9.59 Å². The van der Waals surface area contributed by atoms with Gasteiger partial charge in [0.1, 0.15) is 12.1 Å². The number of hydrogen-bond donors (Lipinski definition) is 2. The summed E-state index contributed by atoms with van der Waals surface area (Å²) < 4.78 is 0. The Kier molecular flexibility index (Phi) is 3.57. The highest BCUT2D eigenvalue weighted by molar-refractivity contribution is 5.97. The van der Waals surface area contributed by atoms with Crippen molar-refractivity contribution in [2.45, 2.75) is 18.6 Å². The van der Waals surface area contributed by atoms with E-state index in [1.807, 2.05) is 23.1 Å². The number of amides is 2. The van der Waals surface area contributed by atoms with Crippen LogP contribution in [-0.2, 0) is 16.1 Å². The molecule has 0 radical (unpaired) electrons. The van der Waals surface area contributed by atoms with Crippen molar-refractivity contribution in [3.8, 4) is 0 Å². The fraction of sp³-hybridized carbons (Fsp3) is 0.417. The highest BCUT2D eigenvalue weighted by Gasteiger charge is 2.56. The molecule has 6 heteroatoms. The molecule has 1 aromatic heterocycles. The van der Waals surface area contributed by atoms with Crippen LogP contribution in [-0.4, -0.2) is 47.9 Å². The van der Waals surface area contributed by atoms with Gasteiger partial charge in [-0.15, -0.1) is 0 Å². The number of aromatic nitrogens is 1. The zero-order chi connectivity index (χ0) is 13.1. The molecular formula is C12H16N4O2. The lowest BCUT2D eigenvalue weighted by Gasteiger charge is -2.02. The molecule has 2 amide bonds. The average molecular weight is 248 g/mol. The van der Waals surface area contributed by atoms with Crippen LogP contribution in [0.5, 0.6) is 0 Å². The molecule has 1 saturated heterocycles. The Balaban J connectivity index is 2.07. The summed E-state index contributed by atoms with van der Waals surface area (Å²) in [4.78, 5) is 29.3. The molecule has 0 aromatic carbocycles. The van der Waals surface area contributed by atoms with Crippen LogP contribution in [0.2, 0.25) is 0 Å². The van der Waals surface area contributed by atoms with Gasteiger partial charge in [0.05, 0.1) is 5.69 Å². The number of pyridine rings is 1. The third kappa shape index (κ3) is 2.33. The first-order valence-corrected chi connectivity index (χ1v) is 5.78. The van der Waals surface area contributed by atoms with Gasteiger partial charge in [-0.25, -0.2) is 0 Å². The lowest BCUT2D eigenvalue weighted by atomic mass is 10.3. The van der Waals surface area contributed by atoms with E-state index < -0.39 is 12.1 Å². The Hall–Kier alpha value is -1.95. The van der Waals surface area contributed by atoms with Crippen LogP contribution >= 0.6 is 0 Å². The van der Waals surface area contributed by atoms with Gasteiger partial charge in [0, 0.05) is 26.8 Å². The zero-order valence-electron chi connectivity index (χ0n) is 10.4. The van der Waals surface area contributed by atoms with E-state index in [1.54, 1.807) is 20.3 Å². The summed E-state index contributed by atoms with van der Waals surface area (Å²) >= 11 is 0. The monoisotopic (exact) mass is 248 g/mol. The summed E-state index contributed by atoms with van der Waals surface area (Å²) in [6.45, 7) is 0.497. The number of rotatable bonds is 4. The second-order valence-corrected chi connectivity index (χ2v) is 4.11. The van der Waals surface area contributed by atoms with Gasteiger partial charge in [0.25, 0.3) is 0 Å². The molecule has 1 fully saturated rings. The topological polar surface area (TPSA) is 74.1 Å². The van der Waals surface area contributed by atoms with Gasteiger partial charge in [0.15, 0.2) is 0 Å². The van der Waals surface area contributed by atoms with Crippen molar-refractivity contribution >= 4 is 11.8 Å². The summed E-state index contributed by atoms with van der Waals surface area (Å²) in [6, 6.07) is 4.81. The Morgan fingerprint density at radius 1 is 1.22 bits per heavy atom. The van der Waals surface area contributed by atoms with E-state index in [4.69, 9.17) is 0 Å². The van der Waals surface area contributed by atoms with Crippen LogP contribution in [0.4, 0.5) is 0 Å². The van der Waals surface area contributed by atoms with Gasteiger partial charge in [-0.3, -0.25) is 19.5 Å². The van der Waals surface area contributed by atoms with Crippen LogP contribution in [0.25, 0.3) is 0 Å². The summed E-state index contributed by atoms with van der Waals surface area (Å²) in [5.41, 5.74) is 0.845. The molecule has 0 saturated carbocycles. The number of carbonyl (C=O) groups is 2. The maximum Gasteiger partial charge on any atom is 0.239 e. The average Bonchev–Trinajstić information content (AvgIpc) is 3.12. The van der Waals surface area contributed by atoms with Crippen molar-refractivity contribution in [1.29, 1.82) is 0 Å². The molecule has 18 heavy (non-hydrogen) atoms. The SMILES string of the molecule is CNC(=O)[C@H]1[C@H](C(=O)NC)N1Cc1ccccn1. The number of hydrogen-bond acceptors (Lipinski definition) is 4. The van der Waals surface area contributed by atoms with Crippen molar-refractivity contribution in [2.24, 2.45) is 0 Å². The molecule has 0 spiro atoms. The zero-order valence-corrected chi connectivity index (χ0v) is 10.4. The smallest absolute Gasteiger partial charge is 0.239 e. The van der Waals surface area contributed by atoms with Gasteiger partial charge in [-0.1, -0.05) is 6.07 Å². The Morgan fingerprint density at radius 3 is 2.28 bits per heavy atom. The second-order valence-electron chi connectivity index (χ2n) is 4.11.